The van der Waals surface area contributed by atoms with Crippen LogP contribution in [0.1, 0.15) is 6.92 Å². The van der Waals surface area contributed by atoms with Gasteiger partial charge in [0.05, 0.1) is 16.8 Å². The first-order valence-corrected chi connectivity index (χ1v) is 7.22. The van der Waals surface area contributed by atoms with Crippen molar-refractivity contribution in [1.29, 1.82) is 0 Å². The summed E-state index contributed by atoms with van der Waals surface area (Å²) in [7, 11) is 0. The van der Waals surface area contributed by atoms with Crippen LogP contribution in [-0.2, 0) is 0 Å². The van der Waals surface area contributed by atoms with Gasteiger partial charge >= 0.3 is 0 Å². The van der Waals surface area contributed by atoms with E-state index in [1.807, 2.05) is 49.4 Å². The van der Waals surface area contributed by atoms with E-state index in [2.05, 4.69) is 10.3 Å². The molecule has 0 radical (unpaired) electrons. The predicted molar refractivity (Wildman–Crippen MR) is 84.9 cm³/mol. The zero-order chi connectivity index (χ0) is 13.9. The average molecular weight is 285 g/mol. The molecule has 0 aliphatic carbocycles. The zero-order valence-corrected chi connectivity index (χ0v) is 11.9. The Bertz CT molecular complexity index is 722. The van der Waals surface area contributed by atoms with Gasteiger partial charge in [-0.15, -0.1) is 0 Å². The van der Waals surface area contributed by atoms with Gasteiger partial charge in [0.1, 0.15) is 5.75 Å². The minimum atomic E-state index is 0.673. The van der Waals surface area contributed by atoms with Crippen LogP contribution in [0, 0.1) is 0 Å². The maximum absolute atomic E-state index is 5.78. The Balaban J connectivity index is 1.81. The van der Waals surface area contributed by atoms with Crippen LogP contribution in [0.25, 0.3) is 10.2 Å². The number of anilines is 3. The molecule has 0 aliphatic rings. The van der Waals surface area contributed by atoms with E-state index in [0.717, 1.165) is 32.5 Å². The number of nitrogens with two attached hydrogens (primary N) is 1. The first-order valence-electron chi connectivity index (χ1n) is 6.40. The molecule has 0 saturated heterocycles. The fourth-order valence-corrected chi connectivity index (χ4v) is 2.85. The van der Waals surface area contributed by atoms with Crippen LogP contribution in [0.2, 0.25) is 0 Å². The van der Waals surface area contributed by atoms with Crippen LogP contribution >= 0.6 is 11.3 Å². The van der Waals surface area contributed by atoms with Crippen LogP contribution in [0.5, 0.6) is 5.75 Å². The number of fused-ring (bicyclic) bond motifs is 1. The lowest BCUT2D eigenvalue weighted by atomic mass is 10.3. The average Bonchev–Trinajstić information content (AvgIpc) is 2.82. The number of nitrogens with zero attached hydrogens (tertiary/aromatic N) is 1. The Hall–Kier alpha value is -2.27. The molecule has 3 rings (SSSR count). The lowest BCUT2D eigenvalue weighted by molar-refractivity contribution is 0.340. The van der Waals surface area contributed by atoms with Gasteiger partial charge in [0.2, 0.25) is 0 Å². The molecule has 3 aromatic rings. The van der Waals surface area contributed by atoms with Gasteiger partial charge in [0.25, 0.3) is 0 Å². The normalized spacial score (nSPS) is 10.7. The second-order valence-electron chi connectivity index (χ2n) is 4.33. The monoisotopic (exact) mass is 285 g/mol. The van der Waals surface area contributed by atoms with Gasteiger partial charge in [0.15, 0.2) is 5.13 Å². The van der Waals surface area contributed by atoms with Gasteiger partial charge in [-0.25, -0.2) is 4.98 Å². The van der Waals surface area contributed by atoms with E-state index >= 15 is 0 Å². The molecule has 0 saturated carbocycles. The summed E-state index contributed by atoms with van der Waals surface area (Å²) in [5.74, 6) is 0.870. The fraction of sp³-hybridized carbons (Fsp3) is 0.133. The minimum Gasteiger partial charge on any atom is -0.494 e. The van der Waals surface area contributed by atoms with Crippen molar-refractivity contribution >= 4 is 38.1 Å². The number of thiazole rings is 1. The number of benzene rings is 2. The molecule has 2 aromatic carbocycles. The Morgan fingerprint density at radius 3 is 2.75 bits per heavy atom. The van der Waals surface area contributed by atoms with Gasteiger partial charge in [-0.05, 0) is 49.4 Å². The molecule has 0 unspecified atom stereocenters. The Morgan fingerprint density at radius 2 is 2.00 bits per heavy atom. The molecular formula is C15H15N3OS. The maximum atomic E-state index is 5.78. The lowest BCUT2D eigenvalue weighted by Gasteiger charge is -2.05. The highest BCUT2D eigenvalue weighted by Gasteiger charge is 2.04. The van der Waals surface area contributed by atoms with Crippen LogP contribution in [0.3, 0.4) is 0 Å². The van der Waals surface area contributed by atoms with E-state index in [1.165, 1.54) is 0 Å². The van der Waals surface area contributed by atoms with Gasteiger partial charge in [-0.3, -0.25) is 0 Å². The van der Waals surface area contributed by atoms with E-state index in [0.29, 0.717) is 6.61 Å². The molecular weight excluding hydrogens is 270 g/mol. The number of hydrogen-bond acceptors (Lipinski definition) is 5. The Morgan fingerprint density at radius 1 is 1.20 bits per heavy atom. The highest BCUT2D eigenvalue weighted by molar-refractivity contribution is 7.22. The predicted octanol–water partition coefficient (Wildman–Crippen LogP) is 4.02. The summed E-state index contributed by atoms with van der Waals surface area (Å²) in [5.41, 5.74) is 8.48. The van der Waals surface area contributed by atoms with Gasteiger partial charge in [0, 0.05) is 11.4 Å². The third kappa shape index (κ3) is 2.67. The first-order chi connectivity index (χ1) is 9.74. The summed E-state index contributed by atoms with van der Waals surface area (Å²) in [6.07, 6.45) is 0. The quantitative estimate of drug-likeness (QED) is 0.711. The highest BCUT2D eigenvalue weighted by atomic mass is 32.1. The molecule has 0 amide bonds. The van der Waals surface area contributed by atoms with Crippen LogP contribution in [0.15, 0.2) is 42.5 Å². The van der Waals surface area contributed by atoms with E-state index in [4.69, 9.17) is 10.5 Å². The third-order valence-corrected chi connectivity index (χ3v) is 3.76. The number of nitrogen functional groups attached to an aromatic ring is 1. The van der Waals surface area contributed by atoms with Crippen molar-refractivity contribution in [2.24, 2.45) is 0 Å². The molecule has 5 heteroatoms. The van der Waals surface area contributed by atoms with Crippen molar-refractivity contribution in [3.8, 4) is 5.75 Å². The summed E-state index contributed by atoms with van der Waals surface area (Å²) in [5, 5.41) is 4.15. The zero-order valence-electron chi connectivity index (χ0n) is 11.1. The fourth-order valence-electron chi connectivity index (χ4n) is 1.92. The molecule has 0 bridgehead atoms. The largest absolute Gasteiger partial charge is 0.494 e. The van der Waals surface area contributed by atoms with Gasteiger partial charge < -0.3 is 15.8 Å². The molecule has 1 aromatic heterocycles. The van der Waals surface area contributed by atoms with E-state index in [9.17, 15) is 0 Å². The van der Waals surface area contributed by atoms with Crippen molar-refractivity contribution in [1.82, 2.24) is 4.98 Å². The smallest absolute Gasteiger partial charge is 0.188 e. The first kappa shape index (κ1) is 12.7. The van der Waals surface area contributed by atoms with Crippen LogP contribution < -0.4 is 15.8 Å². The standard InChI is InChI=1S/C15H15N3OS/c1-2-19-12-6-4-11(5-7-12)17-15-18-13-8-3-10(16)9-14(13)20-15/h3-9H,2,16H2,1H3,(H,17,18). The number of aromatic nitrogens is 1. The molecule has 3 N–H and O–H groups in total. The van der Waals surface area contributed by atoms with Gasteiger partial charge in [-0.2, -0.15) is 0 Å². The molecule has 1 heterocycles. The lowest BCUT2D eigenvalue weighted by Crippen LogP contribution is -1.92. The summed E-state index contributed by atoms with van der Waals surface area (Å²) < 4.78 is 6.50. The number of rotatable bonds is 4. The van der Waals surface area contributed by atoms with E-state index < -0.39 is 0 Å². The van der Waals surface area contributed by atoms with Crippen molar-refractivity contribution < 1.29 is 4.74 Å². The van der Waals surface area contributed by atoms with E-state index in [-0.39, 0.29) is 0 Å². The topological polar surface area (TPSA) is 60.2 Å². The second kappa shape index (κ2) is 5.38. The third-order valence-electron chi connectivity index (χ3n) is 2.83. The molecule has 20 heavy (non-hydrogen) atoms. The van der Waals surface area contributed by atoms with Crippen molar-refractivity contribution in [2.45, 2.75) is 6.92 Å². The summed E-state index contributed by atoms with van der Waals surface area (Å²) in [6, 6.07) is 13.6. The summed E-state index contributed by atoms with van der Waals surface area (Å²) in [4.78, 5) is 4.53. The highest BCUT2D eigenvalue weighted by Crippen LogP contribution is 2.30. The van der Waals surface area contributed by atoms with Gasteiger partial charge in [-0.1, -0.05) is 11.3 Å². The SMILES string of the molecule is CCOc1ccc(Nc2nc3ccc(N)cc3s2)cc1. The van der Waals surface area contributed by atoms with Crippen LogP contribution in [0.4, 0.5) is 16.5 Å². The number of hydrogen-bond donors (Lipinski definition) is 2. The second-order valence-corrected chi connectivity index (χ2v) is 5.36. The molecule has 0 fully saturated rings. The van der Waals surface area contributed by atoms with Crippen molar-refractivity contribution in [3.63, 3.8) is 0 Å². The molecule has 0 atom stereocenters. The number of nitrogens with one attached hydrogen (secondary N) is 1. The minimum absolute atomic E-state index is 0.673. The Labute approximate surface area is 121 Å². The summed E-state index contributed by atoms with van der Waals surface area (Å²) >= 11 is 1.59. The maximum Gasteiger partial charge on any atom is 0.188 e. The number of ether oxygens (including phenoxy) is 1. The Kier molecular flexibility index (Phi) is 3.43. The molecule has 4 nitrogen and oxygen atoms in total. The molecule has 102 valence electrons. The molecule has 0 spiro atoms. The van der Waals surface area contributed by atoms with Crippen LogP contribution in [-0.4, -0.2) is 11.6 Å². The van der Waals surface area contributed by atoms with Crippen molar-refractivity contribution in [3.05, 3.63) is 42.5 Å². The van der Waals surface area contributed by atoms with E-state index in [1.54, 1.807) is 11.3 Å². The molecule has 0 aliphatic heterocycles. The van der Waals surface area contributed by atoms with Crippen molar-refractivity contribution in [2.75, 3.05) is 17.7 Å². The summed E-state index contributed by atoms with van der Waals surface area (Å²) in [6.45, 7) is 2.64.